The van der Waals surface area contributed by atoms with Crippen molar-refractivity contribution in [2.24, 2.45) is 0 Å². The van der Waals surface area contributed by atoms with Gasteiger partial charge in [0.15, 0.2) is 0 Å². The van der Waals surface area contributed by atoms with Crippen molar-refractivity contribution in [3.63, 3.8) is 0 Å². The minimum absolute atomic E-state index is 0.0717. The first-order chi connectivity index (χ1) is 9.76. The number of benzene rings is 1. The Balaban J connectivity index is 2.20. The van der Waals surface area contributed by atoms with Crippen LogP contribution in [0.1, 0.15) is 30.5 Å². The lowest BCUT2D eigenvalue weighted by atomic mass is 9.96. The van der Waals surface area contributed by atoms with Gasteiger partial charge in [-0.15, -0.1) is 0 Å². The van der Waals surface area contributed by atoms with E-state index in [1.165, 1.54) is 11.1 Å². The van der Waals surface area contributed by atoms with Crippen LogP contribution in [0.4, 0.5) is 0 Å². The molecule has 4 heteroatoms. The predicted molar refractivity (Wildman–Crippen MR) is 79.3 cm³/mol. The molecule has 1 heterocycles. The largest absolute Gasteiger partial charge is 0.497 e. The van der Waals surface area contributed by atoms with Gasteiger partial charge in [0.1, 0.15) is 11.9 Å². The highest BCUT2D eigenvalue weighted by Crippen LogP contribution is 2.27. The third-order valence-electron chi connectivity index (χ3n) is 3.64. The number of aryl methyl sites for hydroxylation is 1. The highest BCUT2D eigenvalue weighted by atomic mass is 16.6. The van der Waals surface area contributed by atoms with Gasteiger partial charge in [-0.25, -0.2) is 0 Å². The Morgan fingerprint density at radius 2 is 2.25 bits per heavy atom. The van der Waals surface area contributed by atoms with Gasteiger partial charge < -0.3 is 19.5 Å². The average molecular weight is 279 g/mol. The lowest BCUT2D eigenvalue weighted by Gasteiger charge is -2.32. The van der Waals surface area contributed by atoms with Crippen molar-refractivity contribution in [3.8, 4) is 5.75 Å². The lowest BCUT2D eigenvalue weighted by molar-refractivity contribution is -0.102. The monoisotopic (exact) mass is 279 g/mol. The molecule has 20 heavy (non-hydrogen) atoms. The van der Waals surface area contributed by atoms with E-state index in [1.807, 2.05) is 6.07 Å². The molecule has 1 aromatic carbocycles. The fourth-order valence-corrected chi connectivity index (χ4v) is 2.56. The lowest BCUT2D eigenvalue weighted by Crippen LogP contribution is -2.41. The van der Waals surface area contributed by atoms with Crippen molar-refractivity contribution in [3.05, 3.63) is 29.3 Å². The molecule has 2 unspecified atom stereocenters. The summed E-state index contributed by atoms with van der Waals surface area (Å²) in [5, 5.41) is 3.59. The summed E-state index contributed by atoms with van der Waals surface area (Å²) in [6.07, 6.45) is 1.17. The standard InChI is InChI=1S/C16H25NO3/c1-4-7-17-16(15-11-19-8-9-20-15)14-6-5-13(18-3)10-12(14)2/h5-6,10,15-17H,4,7-9,11H2,1-3H3. The van der Waals surface area contributed by atoms with Crippen LogP contribution in [-0.4, -0.2) is 39.6 Å². The maximum Gasteiger partial charge on any atom is 0.119 e. The van der Waals surface area contributed by atoms with Crippen LogP contribution in [0.5, 0.6) is 5.75 Å². The maximum absolute atomic E-state index is 5.88. The van der Waals surface area contributed by atoms with Crippen LogP contribution in [0.15, 0.2) is 18.2 Å². The summed E-state index contributed by atoms with van der Waals surface area (Å²) < 4.78 is 16.7. The van der Waals surface area contributed by atoms with Crippen molar-refractivity contribution in [2.75, 3.05) is 33.5 Å². The van der Waals surface area contributed by atoms with E-state index in [1.54, 1.807) is 7.11 Å². The van der Waals surface area contributed by atoms with Crippen molar-refractivity contribution >= 4 is 0 Å². The molecule has 2 rings (SSSR count). The van der Waals surface area contributed by atoms with E-state index >= 15 is 0 Å². The van der Waals surface area contributed by atoms with Gasteiger partial charge in [0.05, 0.1) is 33.0 Å². The Morgan fingerprint density at radius 1 is 1.40 bits per heavy atom. The van der Waals surface area contributed by atoms with Crippen LogP contribution in [-0.2, 0) is 9.47 Å². The summed E-state index contributed by atoms with van der Waals surface area (Å²) in [5.74, 6) is 0.890. The molecule has 0 saturated carbocycles. The summed E-state index contributed by atoms with van der Waals surface area (Å²) in [6, 6.07) is 6.37. The third kappa shape index (κ3) is 3.72. The van der Waals surface area contributed by atoms with Gasteiger partial charge >= 0.3 is 0 Å². The summed E-state index contributed by atoms with van der Waals surface area (Å²) in [7, 11) is 1.69. The number of rotatable bonds is 6. The van der Waals surface area contributed by atoms with Crippen LogP contribution < -0.4 is 10.1 Å². The predicted octanol–water partition coefficient (Wildman–Crippen LogP) is 2.46. The molecule has 0 radical (unpaired) electrons. The second-order valence-electron chi connectivity index (χ2n) is 5.14. The molecule has 0 amide bonds. The van der Waals surface area contributed by atoms with E-state index in [4.69, 9.17) is 14.2 Å². The Labute approximate surface area is 121 Å². The van der Waals surface area contributed by atoms with E-state index in [-0.39, 0.29) is 12.1 Å². The molecule has 1 fully saturated rings. The Bertz CT molecular complexity index is 416. The van der Waals surface area contributed by atoms with Crippen molar-refractivity contribution < 1.29 is 14.2 Å². The van der Waals surface area contributed by atoms with Gasteiger partial charge in [-0.05, 0) is 43.1 Å². The summed E-state index contributed by atoms with van der Waals surface area (Å²) in [6.45, 7) is 7.26. The zero-order chi connectivity index (χ0) is 14.4. The molecule has 0 spiro atoms. The quantitative estimate of drug-likeness (QED) is 0.868. The SMILES string of the molecule is CCCNC(c1ccc(OC)cc1C)C1COCCO1. The second kappa shape index (κ2) is 7.62. The van der Waals surface area contributed by atoms with E-state index in [2.05, 4.69) is 31.3 Å². The van der Waals surface area contributed by atoms with Crippen LogP contribution >= 0.6 is 0 Å². The molecule has 0 aromatic heterocycles. The van der Waals surface area contributed by atoms with Crippen LogP contribution in [0.3, 0.4) is 0 Å². The van der Waals surface area contributed by atoms with Crippen LogP contribution in [0.2, 0.25) is 0 Å². The summed E-state index contributed by atoms with van der Waals surface area (Å²) in [5.41, 5.74) is 2.47. The minimum Gasteiger partial charge on any atom is -0.497 e. The molecule has 112 valence electrons. The molecule has 0 bridgehead atoms. The summed E-state index contributed by atoms with van der Waals surface area (Å²) >= 11 is 0. The maximum atomic E-state index is 5.88. The van der Waals surface area contributed by atoms with E-state index in [0.29, 0.717) is 19.8 Å². The van der Waals surface area contributed by atoms with E-state index in [9.17, 15) is 0 Å². The first kappa shape index (κ1) is 15.3. The Morgan fingerprint density at radius 3 is 2.85 bits per heavy atom. The summed E-state index contributed by atoms with van der Waals surface area (Å²) in [4.78, 5) is 0. The van der Waals surface area contributed by atoms with E-state index < -0.39 is 0 Å². The first-order valence-electron chi connectivity index (χ1n) is 7.33. The van der Waals surface area contributed by atoms with E-state index in [0.717, 1.165) is 18.7 Å². The topological polar surface area (TPSA) is 39.7 Å². The zero-order valence-corrected chi connectivity index (χ0v) is 12.6. The van der Waals surface area contributed by atoms with Gasteiger partial charge in [-0.3, -0.25) is 0 Å². The molecular formula is C16H25NO3. The fraction of sp³-hybridized carbons (Fsp3) is 0.625. The Kier molecular flexibility index (Phi) is 5.83. The fourth-order valence-electron chi connectivity index (χ4n) is 2.56. The molecule has 4 nitrogen and oxygen atoms in total. The minimum atomic E-state index is 0.0717. The van der Waals surface area contributed by atoms with Gasteiger partial charge in [-0.2, -0.15) is 0 Å². The normalized spacial score (nSPS) is 20.6. The molecule has 1 N–H and O–H groups in total. The van der Waals surface area contributed by atoms with Gasteiger partial charge in [-0.1, -0.05) is 13.0 Å². The molecule has 2 atom stereocenters. The number of ether oxygens (including phenoxy) is 3. The number of hydrogen-bond donors (Lipinski definition) is 1. The highest BCUT2D eigenvalue weighted by molar-refractivity contribution is 5.37. The smallest absolute Gasteiger partial charge is 0.119 e. The number of methoxy groups -OCH3 is 1. The Hall–Kier alpha value is -1.10. The van der Waals surface area contributed by atoms with Crippen LogP contribution in [0, 0.1) is 6.92 Å². The second-order valence-corrected chi connectivity index (χ2v) is 5.14. The molecule has 1 saturated heterocycles. The number of nitrogens with one attached hydrogen (secondary N) is 1. The molecule has 1 aliphatic heterocycles. The average Bonchev–Trinajstić information content (AvgIpc) is 2.50. The molecule has 0 aliphatic carbocycles. The van der Waals surface area contributed by atoms with Crippen LogP contribution in [0.25, 0.3) is 0 Å². The first-order valence-corrected chi connectivity index (χ1v) is 7.33. The molecular weight excluding hydrogens is 254 g/mol. The van der Waals surface area contributed by atoms with Gasteiger partial charge in [0.25, 0.3) is 0 Å². The highest BCUT2D eigenvalue weighted by Gasteiger charge is 2.27. The van der Waals surface area contributed by atoms with Crippen molar-refractivity contribution in [1.29, 1.82) is 0 Å². The van der Waals surface area contributed by atoms with Gasteiger partial charge in [0, 0.05) is 0 Å². The van der Waals surface area contributed by atoms with Gasteiger partial charge in [0.2, 0.25) is 0 Å². The molecule has 1 aromatic rings. The van der Waals surface area contributed by atoms with Crippen molar-refractivity contribution in [1.82, 2.24) is 5.32 Å². The third-order valence-corrected chi connectivity index (χ3v) is 3.64. The molecule has 1 aliphatic rings. The zero-order valence-electron chi connectivity index (χ0n) is 12.6. The number of hydrogen-bond acceptors (Lipinski definition) is 4. The van der Waals surface area contributed by atoms with Crippen molar-refractivity contribution in [2.45, 2.75) is 32.4 Å².